The first kappa shape index (κ1) is 27.7. The van der Waals surface area contributed by atoms with E-state index in [-0.39, 0.29) is 5.04 Å². The van der Waals surface area contributed by atoms with E-state index < -0.39 is 36.4 Å². The van der Waals surface area contributed by atoms with Gasteiger partial charge in [-0.25, -0.2) is 10.2 Å². The van der Waals surface area contributed by atoms with E-state index in [0.717, 1.165) is 37.7 Å². The summed E-state index contributed by atoms with van der Waals surface area (Å²) in [6.07, 6.45) is 7.31. The molecule has 0 radical (unpaired) electrons. The fourth-order valence-electron chi connectivity index (χ4n) is 4.70. The highest BCUT2D eigenvalue weighted by molar-refractivity contribution is 6.74. The molecule has 0 bridgehead atoms. The Kier molecular flexibility index (Phi) is 7.57. The van der Waals surface area contributed by atoms with Gasteiger partial charge in [-0.3, -0.25) is 15.2 Å². The molecule has 10 heteroatoms. The lowest BCUT2D eigenvalue weighted by molar-refractivity contribution is -0.119. The summed E-state index contributed by atoms with van der Waals surface area (Å²) < 4.78 is 12.5. The summed E-state index contributed by atoms with van der Waals surface area (Å²) in [6.45, 7) is 16.8. The summed E-state index contributed by atoms with van der Waals surface area (Å²) in [5.41, 5.74) is 4.42. The third-order valence-electron chi connectivity index (χ3n) is 7.36. The minimum Gasteiger partial charge on any atom is -0.443 e. The highest BCUT2D eigenvalue weighted by atomic mass is 35.5. The third-order valence-corrected chi connectivity index (χ3v) is 12.6. The normalized spacial score (nSPS) is 24.3. The number of alkyl halides is 1. The van der Waals surface area contributed by atoms with Crippen LogP contribution in [0.5, 0.6) is 0 Å². The van der Waals surface area contributed by atoms with Crippen LogP contribution in [0.25, 0.3) is 0 Å². The highest BCUT2D eigenvalue weighted by Crippen LogP contribution is 2.56. The summed E-state index contributed by atoms with van der Waals surface area (Å²) in [6, 6.07) is 0. The molecule has 1 unspecified atom stereocenters. The average molecular weight is 525 g/mol. The number of hydrogen-bond acceptors (Lipinski definition) is 6. The van der Waals surface area contributed by atoms with Crippen molar-refractivity contribution in [3.63, 3.8) is 0 Å². The van der Waals surface area contributed by atoms with Crippen LogP contribution in [0.15, 0.2) is 28.4 Å². The van der Waals surface area contributed by atoms with Gasteiger partial charge < -0.3 is 14.5 Å². The van der Waals surface area contributed by atoms with Crippen LogP contribution in [0.2, 0.25) is 18.1 Å². The molecule has 3 aliphatic rings. The van der Waals surface area contributed by atoms with E-state index in [1.54, 1.807) is 27.0 Å². The monoisotopic (exact) mass is 524 g/mol. The van der Waals surface area contributed by atoms with Gasteiger partial charge >= 0.3 is 6.09 Å². The molecule has 0 aromatic carbocycles. The molecule has 35 heavy (non-hydrogen) atoms. The van der Waals surface area contributed by atoms with Crippen molar-refractivity contribution < 1.29 is 18.8 Å². The van der Waals surface area contributed by atoms with Crippen LogP contribution in [0, 0.1) is 0 Å². The van der Waals surface area contributed by atoms with Gasteiger partial charge in [0.15, 0.2) is 8.32 Å². The van der Waals surface area contributed by atoms with Gasteiger partial charge in [-0.2, -0.15) is 0 Å². The van der Waals surface area contributed by atoms with Gasteiger partial charge in [0.2, 0.25) is 0 Å². The Hall–Kier alpha value is -1.84. The Morgan fingerprint density at radius 3 is 2.29 bits per heavy atom. The fourth-order valence-corrected chi connectivity index (χ4v) is 6.93. The molecular formula is C25H41ClN4O4Si. The second kappa shape index (κ2) is 9.56. The third kappa shape index (κ3) is 5.46. The molecule has 1 fully saturated rings. The number of hydrazine groups is 1. The number of halogens is 1. The van der Waals surface area contributed by atoms with Crippen molar-refractivity contribution in [3.05, 3.63) is 23.4 Å². The molecule has 2 aliphatic heterocycles. The van der Waals surface area contributed by atoms with Crippen LogP contribution < -0.4 is 16.2 Å². The molecular weight excluding hydrogens is 484 g/mol. The van der Waals surface area contributed by atoms with Crippen LogP contribution in [-0.2, 0) is 14.0 Å². The lowest BCUT2D eigenvalue weighted by Gasteiger charge is -2.56. The molecule has 2 amide bonds. The molecule has 2 heterocycles. The lowest BCUT2D eigenvalue weighted by Crippen LogP contribution is -2.65. The topological polar surface area (TPSA) is 101 Å². The summed E-state index contributed by atoms with van der Waals surface area (Å²) in [5, 5.41) is 3.09. The zero-order valence-electron chi connectivity index (χ0n) is 22.4. The molecule has 0 aromatic rings. The van der Waals surface area contributed by atoms with Gasteiger partial charge in [-0.15, -0.1) is 11.6 Å². The van der Waals surface area contributed by atoms with Crippen LogP contribution in [0.3, 0.4) is 0 Å². The maximum atomic E-state index is 13.5. The van der Waals surface area contributed by atoms with Crippen LogP contribution in [0.4, 0.5) is 4.79 Å². The van der Waals surface area contributed by atoms with E-state index in [2.05, 4.69) is 55.0 Å². The fraction of sp³-hybridized carbons (Fsp3) is 0.720. The predicted octanol–water partition coefficient (Wildman–Crippen LogP) is 5.07. The number of nitrogens with one attached hydrogen (secondary N) is 3. The number of amides is 2. The maximum Gasteiger partial charge on any atom is 0.426 e. The van der Waals surface area contributed by atoms with Gasteiger partial charge in [0.1, 0.15) is 16.3 Å². The molecule has 1 aliphatic carbocycles. The van der Waals surface area contributed by atoms with Crippen LogP contribution in [-0.4, -0.2) is 48.8 Å². The second-order valence-electron chi connectivity index (χ2n) is 12.2. The van der Waals surface area contributed by atoms with E-state index in [4.69, 9.17) is 20.8 Å². The van der Waals surface area contributed by atoms with Gasteiger partial charge in [-0.05, 0) is 51.7 Å². The number of aliphatic imine (C=N–C) groups is 1. The zero-order chi connectivity index (χ0) is 26.3. The van der Waals surface area contributed by atoms with Crippen LogP contribution in [0.1, 0.15) is 73.6 Å². The second-order valence-corrected chi connectivity index (χ2v) is 17.5. The number of fused-ring (bicyclic) bond motifs is 1. The predicted molar refractivity (Wildman–Crippen MR) is 142 cm³/mol. The van der Waals surface area contributed by atoms with Gasteiger partial charge in [0.25, 0.3) is 5.91 Å². The van der Waals surface area contributed by atoms with E-state index in [0.29, 0.717) is 18.0 Å². The first-order chi connectivity index (χ1) is 16.0. The lowest BCUT2D eigenvalue weighted by atomic mass is 9.67. The SMILES string of the molecule is CC(C)(C)OC(=O)NNC(=O)C1=CNC2=NCC=C2C1(Cl)C1(O[Si](C)(C)C(C)(C)C)CCCCC1. The number of amidine groups is 1. The van der Waals surface area contributed by atoms with E-state index in [1.807, 2.05) is 6.08 Å². The first-order valence-corrected chi connectivity index (χ1v) is 15.7. The van der Waals surface area contributed by atoms with E-state index in [9.17, 15) is 9.59 Å². The Bertz CT molecular complexity index is 955. The van der Waals surface area contributed by atoms with Crippen LogP contribution >= 0.6 is 11.6 Å². The summed E-state index contributed by atoms with van der Waals surface area (Å²) >= 11 is 7.69. The maximum absolute atomic E-state index is 13.5. The molecule has 0 saturated heterocycles. The average Bonchev–Trinajstić information content (AvgIpc) is 3.20. The Balaban J connectivity index is 2.02. The molecule has 8 nitrogen and oxygen atoms in total. The Morgan fingerprint density at radius 2 is 1.71 bits per heavy atom. The van der Waals surface area contributed by atoms with Crippen molar-refractivity contribution >= 4 is 37.8 Å². The Morgan fingerprint density at radius 1 is 1.09 bits per heavy atom. The molecule has 1 saturated carbocycles. The molecule has 196 valence electrons. The molecule has 0 spiro atoms. The van der Waals surface area contributed by atoms with E-state index >= 15 is 0 Å². The molecule has 1 atom stereocenters. The summed E-state index contributed by atoms with van der Waals surface area (Å²) in [4.78, 5) is 29.0. The van der Waals surface area contributed by atoms with Gasteiger partial charge in [0.05, 0.1) is 17.7 Å². The number of ether oxygens (including phenoxy) is 1. The van der Waals surface area contributed by atoms with Crippen molar-refractivity contribution in [1.82, 2.24) is 16.2 Å². The first-order valence-electron chi connectivity index (χ1n) is 12.4. The molecule has 3 N–H and O–H groups in total. The van der Waals surface area contributed by atoms with E-state index in [1.165, 1.54) is 0 Å². The zero-order valence-corrected chi connectivity index (χ0v) is 24.1. The number of carbonyl (C=O) groups is 2. The number of nitrogens with zero attached hydrogens (tertiary/aromatic N) is 1. The summed E-state index contributed by atoms with van der Waals surface area (Å²) in [7, 11) is -2.29. The number of carbonyl (C=O) groups excluding carboxylic acids is 2. The molecule has 3 rings (SSSR count). The van der Waals surface area contributed by atoms with Crippen molar-refractivity contribution in [1.29, 1.82) is 0 Å². The van der Waals surface area contributed by atoms with Crippen molar-refractivity contribution in [2.45, 2.75) is 108 Å². The number of rotatable bonds is 4. The molecule has 0 aromatic heterocycles. The summed E-state index contributed by atoms with van der Waals surface area (Å²) in [5.74, 6) is 0.148. The highest BCUT2D eigenvalue weighted by Gasteiger charge is 2.62. The minimum absolute atomic E-state index is 0.0387. The van der Waals surface area contributed by atoms with Crippen molar-refractivity contribution in [3.8, 4) is 0 Å². The van der Waals surface area contributed by atoms with Crippen molar-refractivity contribution in [2.24, 2.45) is 4.99 Å². The van der Waals surface area contributed by atoms with Gasteiger partial charge in [0, 0.05) is 11.8 Å². The van der Waals surface area contributed by atoms with Gasteiger partial charge in [-0.1, -0.05) is 46.1 Å². The number of hydrogen-bond donors (Lipinski definition) is 3. The standard InChI is InChI=1S/C25H41ClN4O4Si/c1-22(2,3)33-21(32)30-29-20(31)18-16-28-19-17(12-15-27-19)25(18,26)24(13-10-9-11-14-24)34-35(7,8)23(4,5)6/h12,16H,9-11,13-15H2,1-8H3,(H,27,28)(H,29,31)(H,30,32). The largest absolute Gasteiger partial charge is 0.443 e. The minimum atomic E-state index is -2.29. The smallest absolute Gasteiger partial charge is 0.426 e. The quantitative estimate of drug-likeness (QED) is 0.271. The Labute approximate surface area is 215 Å². The van der Waals surface area contributed by atoms with Crippen molar-refractivity contribution in [2.75, 3.05) is 6.54 Å².